The van der Waals surface area contributed by atoms with Crippen molar-refractivity contribution in [3.05, 3.63) is 22.7 Å². The second kappa shape index (κ2) is 5.52. The van der Waals surface area contributed by atoms with Gasteiger partial charge in [0, 0.05) is 39.1 Å². The smallest absolute Gasteiger partial charge is 0.293 e. The standard InChI is InChI=1S/C13H21N3O2/c1-4-15-8-6-14-12(13(15)17)16-7-5-10(2)11(9-16)18-3/h6,8,10-11H,4-5,7,9H2,1-3H3. The Morgan fingerprint density at radius 3 is 3.00 bits per heavy atom. The lowest BCUT2D eigenvalue weighted by Gasteiger charge is -2.36. The molecule has 0 bridgehead atoms. The molecule has 0 spiro atoms. The summed E-state index contributed by atoms with van der Waals surface area (Å²) in [6, 6.07) is 0. The molecule has 2 atom stereocenters. The van der Waals surface area contributed by atoms with Crippen molar-refractivity contribution in [2.75, 3.05) is 25.1 Å². The van der Waals surface area contributed by atoms with E-state index in [9.17, 15) is 4.79 Å². The maximum absolute atomic E-state index is 12.2. The van der Waals surface area contributed by atoms with E-state index < -0.39 is 0 Å². The summed E-state index contributed by atoms with van der Waals surface area (Å²) >= 11 is 0. The molecule has 5 heteroatoms. The van der Waals surface area contributed by atoms with Crippen molar-refractivity contribution in [3.63, 3.8) is 0 Å². The van der Waals surface area contributed by atoms with E-state index >= 15 is 0 Å². The third-order valence-corrected chi connectivity index (χ3v) is 3.73. The number of hydrogen-bond donors (Lipinski definition) is 0. The molecule has 2 unspecified atom stereocenters. The molecule has 18 heavy (non-hydrogen) atoms. The highest BCUT2D eigenvalue weighted by Crippen LogP contribution is 2.21. The van der Waals surface area contributed by atoms with Crippen molar-refractivity contribution in [1.82, 2.24) is 9.55 Å². The van der Waals surface area contributed by atoms with Gasteiger partial charge in [-0.05, 0) is 19.3 Å². The van der Waals surface area contributed by atoms with E-state index in [2.05, 4.69) is 11.9 Å². The van der Waals surface area contributed by atoms with E-state index in [1.165, 1.54) is 0 Å². The molecule has 0 amide bonds. The maximum Gasteiger partial charge on any atom is 0.293 e. The zero-order valence-corrected chi connectivity index (χ0v) is 11.3. The van der Waals surface area contributed by atoms with Crippen molar-refractivity contribution >= 4 is 5.82 Å². The van der Waals surface area contributed by atoms with E-state index in [0.717, 1.165) is 19.5 Å². The largest absolute Gasteiger partial charge is 0.379 e. The number of rotatable bonds is 3. The third kappa shape index (κ3) is 2.41. The summed E-state index contributed by atoms with van der Waals surface area (Å²) in [4.78, 5) is 18.5. The van der Waals surface area contributed by atoms with Gasteiger partial charge < -0.3 is 14.2 Å². The molecule has 0 aliphatic carbocycles. The fraction of sp³-hybridized carbons (Fsp3) is 0.692. The van der Waals surface area contributed by atoms with E-state index in [1.54, 1.807) is 24.1 Å². The first-order valence-electron chi connectivity index (χ1n) is 6.50. The molecule has 2 rings (SSSR count). The van der Waals surface area contributed by atoms with Crippen LogP contribution in [0.2, 0.25) is 0 Å². The van der Waals surface area contributed by atoms with Crippen LogP contribution in [0.5, 0.6) is 0 Å². The van der Waals surface area contributed by atoms with Crippen LogP contribution in [-0.4, -0.2) is 35.9 Å². The van der Waals surface area contributed by atoms with Crippen molar-refractivity contribution in [2.24, 2.45) is 5.92 Å². The minimum Gasteiger partial charge on any atom is -0.379 e. The molecule has 1 aliphatic rings. The van der Waals surface area contributed by atoms with Crippen LogP contribution in [0.4, 0.5) is 5.82 Å². The molecular weight excluding hydrogens is 230 g/mol. The quantitative estimate of drug-likeness (QED) is 0.808. The van der Waals surface area contributed by atoms with Crippen LogP contribution in [0.25, 0.3) is 0 Å². The first-order chi connectivity index (χ1) is 8.67. The molecule has 1 saturated heterocycles. The number of aromatic nitrogens is 2. The molecule has 1 aliphatic heterocycles. The monoisotopic (exact) mass is 251 g/mol. The minimum atomic E-state index is -0.00981. The molecule has 100 valence electrons. The highest BCUT2D eigenvalue weighted by molar-refractivity contribution is 5.36. The van der Waals surface area contributed by atoms with E-state index in [0.29, 0.717) is 18.3 Å². The number of piperidine rings is 1. The van der Waals surface area contributed by atoms with Gasteiger partial charge in [0.1, 0.15) is 0 Å². The Morgan fingerprint density at radius 1 is 1.56 bits per heavy atom. The molecule has 1 aromatic heterocycles. The predicted octanol–water partition coefficient (Wildman–Crippen LogP) is 1.12. The lowest BCUT2D eigenvalue weighted by Crippen LogP contribution is -2.46. The van der Waals surface area contributed by atoms with Crippen molar-refractivity contribution in [1.29, 1.82) is 0 Å². The zero-order valence-electron chi connectivity index (χ0n) is 11.3. The first-order valence-corrected chi connectivity index (χ1v) is 6.50. The van der Waals surface area contributed by atoms with E-state index in [-0.39, 0.29) is 11.7 Å². The second-order valence-corrected chi connectivity index (χ2v) is 4.83. The average Bonchev–Trinajstić information content (AvgIpc) is 2.40. The molecular formula is C13H21N3O2. The van der Waals surface area contributed by atoms with Crippen LogP contribution in [0.3, 0.4) is 0 Å². The van der Waals surface area contributed by atoms with Gasteiger partial charge in [-0.3, -0.25) is 4.79 Å². The van der Waals surface area contributed by atoms with Gasteiger partial charge in [0.25, 0.3) is 5.56 Å². The molecule has 1 aromatic rings. The third-order valence-electron chi connectivity index (χ3n) is 3.73. The van der Waals surface area contributed by atoms with E-state index in [1.807, 2.05) is 11.8 Å². The Hall–Kier alpha value is -1.36. The fourth-order valence-corrected chi connectivity index (χ4v) is 2.43. The topological polar surface area (TPSA) is 47.4 Å². The van der Waals surface area contributed by atoms with Crippen LogP contribution >= 0.6 is 0 Å². The van der Waals surface area contributed by atoms with Crippen LogP contribution in [0.1, 0.15) is 20.3 Å². The number of methoxy groups -OCH3 is 1. The SMILES string of the molecule is CCn1ccnc(N2CCC(C)C(OC)C2)c1=O. The minimum absolute atomic E-state index is 0.00981. The molecule has 2 heterocycles. The Bertz CT molecular complexity index is 458. The molecule has 0 N–H and O–H groups in total. The number of ether oxygens (including phenoxy) is 1. The first kappa shape index (κ1) is 13.1. The lowest BCUT2D eigenvalue weighted by molar-refractivity contribution is 0.0495. The summed E-state index contributed by atoms with van der Waals surface area (Å²) in [5.74, 6) is 1.08. The van der Waals surface area contributed by atoms with Crippen molar-refractivity contribution in [3.8, 4) is 0 Å². The summed E-state index contributed by atoms with van der Waals surface area (Å²) in [6.45, 7) is 6.44. The Labute approximate surface area is 107 Å². The highest BCUT2D eigenvalue weighted by atomic mass is 16.5. The Morgan fingerprint density at radius 2 is 2.33 bits per heavy atom. The average molecular weight is 251 g/mol. The normalized spacial score (nSPS) is 24.3. The summed E-state index contributed by atoms with van der Waals surface area (Å²) in [7, 11) is 1.73. The number of nitrogens with zero attached hydrogens (tertiary/aromatic N) is 3. The van der Waals surface area contributed by atoms with Crippen LogP contribution in [0.15, 0.2) is 17.2 Å². The lowest BCUT2D eigenvalue weighted by atomic mass is 9.96. The Kier molecular flexibility index (Phi) is 4.01. The summed E-state index contributed by atoms with van der Waals surface area (Å²) in [5.41, 5.74) is -0.00981. The fourth-order valence-electron chi connectivity index (χ4n) is 2.43. The van der Waals surface area contributed by atoms with Crippen LogP contribution < -0.4 is 10.5 Å². The van der Waals surface area contributed by atoms with Crippen molar-refractivity contribution < 1.29 is 4.74 Å². The summed E-state index contributed by atoms with van der Waals surface area (Å²) in [6.07, 6.45) is 4.63. The highest BCUT2D eigenvalue weighted by Gasteiger charge is 2.28. The van der Waals surface area contributed by atoms with Gasteiger partial charge in [0.2, 0.25) is 0 Å². The summed E-state index contributed by atoms with van der Waals surface area (Å²) < 4.78 is 7.16. The number of anilines is 1. The van der Waals surface area contributed by atoms with Crippen molar-refractivity contribution in [2.45, 2.75) is 32.9 Å². The molecule has 5 nitrogen and oxygen atoms in total. The van der Waals surface area contributed by atoms with Gasteiger partial charge in [0.05, 0.1) is 6.10 Å². The van der Waals surface area contributed by atoms with Gasteiger partial charge in [0.15, 0.2) is 5.82 Å². The summed E-state index contributed by atoms with van der Waals surface area (Å²) in [5, 5.41) is 0. The zero-order chi connectivity index (χ0) is 13.1. The molecule has 0 saturated carbocycles. The predicted molar refractivity (Wildman–Crippen MR) is 71.0 cm³/mol. The van der Waals surface area contributed by atoms with E-state index in [4.69, 9.17) is 4.74 Å². The van der Waals surface area contributed by atoms with Gasteiger partial charge in [-0.25, -0.2) is 4.98 Å². The molecule has 0 radical (unpaired) electrons. The van der Waals surface area contributed by atoms with Gasteiger partial charge in [-0.1, -0.05) is 6.92 Å². The van der Waals surface area contributed by atoms with Gasteiger partial charge in [-0.15, -0.1) is 0 Å². The van der Waals surface area contributed by atoms with Crippen LogP contribution in [0, 0.1) is 5.92 Å². The number of aryl methyl sites for hydroxylation is 1. The molecule has 0 aromatic carbocycles. The molecule has 1 fully saturated rings. The maximum atomic E-state index is 12.2. The Balaban J connectivity index is 2.24. The number of hydrogen-bond acceptors (Lipinski definition) is 4. The van der Waals surface area contributed by atoms with Gasteiger partial charge in [-0.2, -0.15) is 0 Å². The second-order valence-electron chi connectivity index (χ2n) is 4.83. The van der Waals surface area contributed by atoms with Gasteiger partial charge >= 0.3 is 0 Å². The van der Waals surface area contributed by atoms with Crippen LogP contribution in [-0.2, 0) is 11.3 Å².